The molecule has 5 rings (SSSR count). The number of hydrogen-bond donors (Lipinski definition) is 0. The van der Waals surface area contributed by atoms with Gasteiger partial charge >= 0.3 is 6.01 Å². The molecule has 4 heteroatoms. The van der Waals surface area contributed by atoms with E-state index in [1.807, 2.05) is 12.4 Å². The molecule has 3 fully saturated rings. The highest BCUT2D eigenvalue weighted by atomic mass is 16.5. The zero-order valence-corrected chi connectivity index (χ0v) is 13.8. The SMILES string of the molecule is Cc1ccc(-c2cnc(O[C@@H]3CN4CCC3CC4)nc2)cc1C. The van der Waals surface area contributed by atoms with E-state index in [1.165, 1.54) is 37.1 Å². The lowest BCUT2D eigenvalue weighted by molar-refractivity contribution is -0.0123. The number of rotatable bonds is 3. The molecule has 0 N–H and O–H groups in total. The Balaban J connectivity index is 1.48. The summed E-state index contributed by atoms with van der Waals surface area (Å²) < 4.78 is 6.06. The quantitative estimate of drug-likeness (QED) is 0.872. The lowest BCUT2D eigenvalue weighted by Gasteiger charge is -2.43. The van der Waals surface area contributed by atoms with Crippen molar-refractivity contribution in [2.45, 2.75) is 32.8 Å². The van der Waals surface area contributed by atoms with Gasteiger partial charge in [-0.2, -0.15) is 0 Å². The van der Waals surface area contributed by atoms with Crippen LogP contribution >= 0.6 is 0 Å². The Labute approximate surface area is 137 Å². The van der Waals surface area contributed by atoms with E-state index < -0.39 is 0 Å². The summed E-state index contributed by atoms with van der Waals surface area (Å²) in [5, 5.41) is 0. The van der Waals surface area contributed by atoms with Gasteiger partial charge in [-0.25, -0.2) is 9.97 Å². The van der Waals surface area contributed by atoms with Gasteiger partial charge in [0.1, 0.15) is 6.10 Å². The van der Waals surface area contributed by atoms with Gasteiger partial charge in [-0.3, -0.25) is 4.90 Å². The highest BCUT2D eigenvalue weighted by Gasteiger charge is 2.35. The van der Waals surface area contributed by atoms with Crippen LogP contribution in [-0.2, 0) is 0 Å². The summed E-state index contributed by atoms with van der Waals surface area (Å²) in [6.45, 7) is 7.71. The van der Waals surface area contributed by atoms with Crippen molar-refractivity contribution in [1.29, 1.82) is 0 Å². The molecule has 4 nitrogen and oxygen atoms in total. The van der Waals surface area contributed by atoms with Crippen LogP contribution in [0.3, 0.4) is 0 Å². The normalized spacial score (nSPS) is 26.3. The van der Waals surface area contributed by atoms with E-state index in [0.29, 0.717) is 11.9 Å². The van der Waals surface area contributed by atoms with Crippen molar-refractivity contribution in [2.24, 2.45) is 5.92 Å². The summed E-state index contributed by atoms with van der Waals surface area (Å²) in [4.78, 5) is 11.3. The summed E-state index contributed by atoms with van der Waals surface area (Å²) in [7, 11) is 0. The molecule has 1 atom stereocenters. The highest BCUT2D eigenvalue weighted by molar-refractivity contribution is 5.63. The van der Waals surface area contributed by atoms with Crippen molar-refractivity contribution >= 4 is 0 Å². The van der Waals surface area contributed by atoms with Gasteiger partial charge in [0.05, 0.1) is 0 Å². The fourth-order valence-electron chi connectivity index (χ4n) is 3.63. The molecule has 4 heterocycles. The highest BCUT2D eigenvalue weighted by Crippen LogP contribution is 2.30. The third kappa shape index (κ3) is 2.95. The first-order valence-corrected chi connectivity index (χ1v) is 8.48. The van der Waals surface area contributed by atoms with E-state index in [0.717, 1.165) is 17.7 Å². The maximum atomic E-state index is 6.06. The molecule has 0 amide bonds. The molecule has 0 radical (unpaired) electrons. The van der Waals surface area contributed by atoms with E-state index in [-0.39, 0.29) is 6.10 Å². The Hall–Kier alpha value is -1.94. The lowest BCUT2D eigenvalue weighted by atomic mass is 9.86. The Morgan fingerprint density at radius 3 is 2.35 bits per heavy atom. The van der Waals surface area contributed by atoms with Gasteiger partial charge < -0.3 is 4.74 Å². The molecule has 1 aromatic heterocycles. The first-order chi connectivity index (χ1) is 11.2. The van der Waals surface area contributed by atoms with Gasteiger partial charge in [0, 0.05) is 24.5 Å². The van der Waals surface area contributed by atoms with Crippen LogP contribution in [0.5, 0.6) is 6.01 Å². The van der Waals surface area contributed by atoms with Crippen molar-refractivity contribution < 1.29 is 4.74 Å². The first-order valence-electron chi connectivity index (χ1n) is 8.48. The summed E-state index contributed by atoms with van der Waals surface area (Å²) in [6.07, 6.45) is 6.48. The largest absolute Gasteiger partial charge is 0.458 e. The van der Waals surface area contributed by atoms with Crippen molar-refractivity contribution in [3.63, 3.8) is 0 Å². The number of aromatic nitrogens is 2. The number of fused-ring (bicyclic) bond motifs is 3. The Morgan fingerprint density at radius 1 is 1.00 bits per heavy atom. The molecule has 2 aromatic rings. The second-order valence-corrected chi connectivity index (χ2v) is 6.85. The van der Waals surface area contributed by atoms with Gasteiger partial charge in [-0.1, -0.05) is 18.2 Å². The van der Waals surface area contributed by atoms with Gasteiger partial charge in [-0.05, 0) is 62.4 Å². The van der Waals surface area contributed by atoms with Gasteiger partial charge in [0.25, 0.3) is 0 Å². The predicted molar refractivity (Wildman–Crippen MR) is 90.5 cm³/mol. The molecule has 3 saturated heterocycles. The summed E-state index contributed by atoms with van der Waals surface area (Å²) in [5.41, 5.74) is 4.78. The van der Waals surface area contributed by atoms with E-state index in [1.54, 1.807) is 0 Å². The van der Waals surface area contributed by atoms with Crippen molar-refractivity contribution in [1.82, 2.24) is 14.9 Å². The minimum Gasteiger partial charge on any atom is -0.458 e. The van der Waals surface area contributed by atoms with Crippen LogP contribution in [-0.4, -0.2) is 40.6 Å². The second-order valence-electron chi connectivity index (χ2n) is 6.85. The van der Waals surface area contributed by atoms with Crippen molar-refractivity contribution in [2.75, 3.05) is 19.6 Å². The topological polar surface area (TPSA) is 38.2 Å². The summed E-state index contributed by atoms with van der Waals surface area (Å²) in [6, 6.07) is 6.95. The van der Waals surface area contributed by atoms with Crippen LogP contribution in [0.15, 0.2) is 30.6 Å². The summed E-state index contributed by atoms with van der Waals surface area (Å²) >= 11 is 0. The zero-order valence-electron chi connectivity index (χ0n) is 13.8. The Morgan fingerprint density at radius 2 is 1.74 bits per heavy atom. The number of nitrogens with zero attached hydrogens (tertiary/aromatic N) is 3. The lowest BCUT2D eigenvalue weighted by Crippen LogP contribution is -2.52. The van der Waals surface area contributed by atoms with Crippen LogP contribution in [0.4, 0.5) is 0 Å². The summed E-state index contributed by atoms with van der Waals surface area (Å²) in [5.74, 6) is 0.669. The molecule has 3 aliphatic rings. The second kappa shape index (κ2) is 5.93. The molecule has 23 heavy (non-hydrogen) atoms. The molecule has 0 saturated carbocycles. The van der Waals surface area contributed by atoms with Crippen molar-refractivity contribution in [3.05, 3.63) is 41.7 Å². The fourth-order valence-corrected chi connectivity index (χ4v) is 3.63. The van der Waals surface area contributed by atoms with E-state index >= 15 is 0 Å². The molecule has 3 aliphatic heterocycles. The predicted octanol–water partition coefficient (Wildman–Crippen LogP) is 3.23. The van der Waals surface area contributed by atoms with Crippen LogP contribution in [0.1, 0.15) is 24.0 Å². The minimum absolute atomic E-state index is 0.255. The standard InChI is InChI=1S/C19H23N3O/c1-13-3-4-16(9-14(13)2)17-10-20-19(21-11-17)23-18-12-22-7-5-15(18)6-8-22/h3-4,9-11,15,18H,5-8,12H2,1-2H3/t18-/m1/s1. The number of hydrogen-bond acceptors (Lipinski definition) is 4. The van der Waals surface area contributed by atoms with Gasteiger partial charge in [0.2, 0.25) is 0 Å². The Kier molecular flexibility index (Phi) is 3.77. The monoisotopic (exact) mass is 309 g/mol. The van der Waals surface area contributed by atoms with Crippen LogP contribution in [0, 0.1) is 19.8 Å². The number of aryl methyl sites for hydroxylation is 2. The third-order valence-electron chi connectivity index (χ3n) is 5.32. The Bertz CT molecular complexity index is 690. The van der Waals surface area contributed by atoms with Crippen molar-refractivity contribution in [3.8, 4) is 17.1 Å². The fraction of sp³-hybridized carbons (Fsp3) is 0.474. The molecule has 0 aliphatic carbocycles. The average Bonchev–Trinajstić information content (AvgIpc) is 2.59. The maximum Gasteiger partial charge on any atom is 0.316 e. The average molecular weight is 309 g/mol. The van der Waals surface area contributed by atoms with Crippen LogP contribution < -0.4 is 4.74 Å². The third-order valence-corrected chi connectivity index (χ3v) is 5.32. The zero-order chi connectivity index (χ0) is 15.8. The molecule has 1 aromatic carbocycles. The maximum absolute atomic E-state index is 6.06. The van der Waals surface area contributed by atoms with E-state index in [9.17, 15) is 0 Å². The molecular formula is C19H23N3O. The molecular weight excluding hydrogens is 286 g/mol. The smallest absolute Gasteiger partial charge is 0.316 e. The van der Waals surface area contributed by atoms with Crippen LogP contribution in [0.2, 0.25) is 0 Å². The van der Waals surface area contributed by atoms with Gasteiger partial charge in [-0.15, -0.1) is 0 Å². The molecule has 0 spiro atoms. The number of benzene rings is 1. The van der Waals surface area contributed by atoms with Crippen LogP contribution in [0.25, 0.3) is 11.1 Å². The number of piperidine rings is 3. The molecule has 2 bridgehead atoms. The van der Waals surface area contributed by atoms with Gasteiger partial charge in [0.15, 0.2) is 0 Å². The molecule has 0 unspecified atom stereocenters. The van der Waals surface area contributed by atoms with E-state index in [2.05, 4.69) is 46.9 Å². The van der Waals surface area contributed by atoms with E-state index in [4.69, 9.17) is 4.74 Å². The first kappa shape index (κ1) is 14.6. The minimum atomic E-state index is 0.255. The molecule has 120 valence electrons. The number of ether oxygens (including phenoxy) is 1.